The molecule has 2 rings (SSSR count). The molecule has 1 amide bonds. The average Bonchev–Trinajstić information content (AvgIpc) is 2.78. The second kappa shape index (κ2) is 4.96. The molecule has 1 aromatic carbocycles. The van der Waals surface area contributed by atoms with Crippen molar-refractivity contribution in [3.63, 3.8) is 0 Å². The lowest BCUT2D eigenvalue weighted by Gasteiger charge is -2.08. The monoisotopic (exact) mass is 277 g/mol. The molecule has 0 aliphatic heterocycles. The maximum atomic E-state index is 11.9. The molecule has 0 aliphatic rings. The number of nitro benzene ring substituents is 1. The van der Waals surface area contributed by atoms with Crippen molar-refractivity contribution < 1.29 is 14.3 Å². The van der Waals surface area contributed by atoms with Gasteiger partial charge in [-0.05, 0) is 35.8 Å². The summed E-state index contributed by atoms with van der Waals surface area (Å²) in [5.41, 5.74) is 6.62. The van der Waals surface area contributed by atoms with Gasteiger partial charge in [0.25, 0.3) is 11.6 Å². The number of nitrogen functional groups attached to an aromatic ring is 1. The number of nitrogens with zero attached hydrogens (tertiary/aromatic N) is 3. The number of aromatic nitrogens is 2. The minimum Gasteiger partial charge on any atom is -0.379 e. The highest BCUT2D eigenvalue weighted by Gasteiger charge is 2.19. The summed E-state index contributed by atoms with van der Waals surface area (Å²) in [7, 11) is 0. The predicted molar refractivity (Wildman–Crippen MR) is 69.2 cm³/mol. The average molecular weight is 277 g/mol. The third-order valence-electron chi connectivity index (χ3n) is 2.72. The molecule has 0 saturated heterocycles. The Balaban J connectivity index is 2.34. The van der Waals surface area contributed by atoms with Gasteiger partial charge >= 0.3 is 0 Å². The van der Waals surface area contributed by atoms with Crippen LogP contribution in [-0.2, 0) is 0 Å². The summed E-state index contributed by atoms with van der Waals surface area (Å²) in [5.74, 6) is -0.799. The van der Waals surface area contributed by atoms with Crippen LogP contribution in [-0.4, -0.2) is 21.1 Å². The fourth-order valence-corrected chi connectivity index (χ4v) is 1.71. The molecule has 3 N–H and O–H groups in total. The summed E-state index contributed by atoms with van der Waals surface area (Å²) in [5, 5.41) is 20.0. The van der Waals surface area contributed by atoms with E-state index < -0.39 is 10.8 Å². The third-order valence-corrected chi connectivity index (χ3v) is 2.72. The highest BCUT2D eigenvalue weighted by molar-refractivity contribution is 6.06. The van der Waals surface area contributed by atoms with E-state index in [0.29, 0.717) is 16.8 Å². The van der Waals surface area contributed by atoms with E-state index in [2.05, 4.69) is 20.3 Å². The number of nitrogens with two attached hydrogens (primary N) is 1. The van der Waals surface area contributed by atoms with Crippen molar-refractivity contribution in [2.24, 2.45) is 0 Å². The number of nitrogens with one attached hydrogen (secondary N) is 1. The summed E-state index contributed by atoms with van der Waals surface area (Å²) >= 11 is 0. The van der Waals surface area contributed by atoms with Crippen molar-refractivity contribution in [2.75, 3.05) is 11.1 Å². The van der Waals surface area contributed by atoms with E-state index in [0.717, 1.165) is 0 Å². The molecule has 20 heavy (non-hydrogen) atoms. The van der Waals surface area contributed by atoms with Crippen LogP contribution in [0.1, 0.15) is 21.6 Å². The zero-order chi connectivity index (χ0) is 14.9. The van der Waals surface area contributed by atoms with Crippen molar-refractivity contribution in [2.45, 2.75) is 13.8 Å². The minimum absolute atomic E-state index is 0.0860. The van der Waals surface area contributed by atoms with Gasteiger partial charge in [-0.15, -0.1) is 0 Å². The van der Waals surface area contributed by atoms with Gasteiger partial charge in [-0.1, -0.05) is 0 Å². The minimum atomic E-state index is -0.648. The van der Waals surface area contributed by atoms with Crippen LogP contribution in [0.3, 0.4) is 0 Å². The number of hydrogen-bond donors (Lipinski definition) is 2. The Morgan fingerprint density at radius 1 is 1.35 bits per heavy atom. The molecular weight excluding hydrogens is 266 g/mol. The summed E-state index contributed by atoms with van der Waals surface area (Å²) in [6.07, 6.45) is 0. The lowest BCUT2D eigenvalue weighted by atomic mass is 10.1. The molecule has 0 saturated carbocycles. The van der Waals surface area contributed by atoms with Crippen LogP contribution in [0.25, 0.3) is 0 Å². The van der Waals surface area contributed by atoms with Gasteiger partial charge in [-0.25, -0.2) is 4.63 Å². The summed E-state index contributed by atoms with van der Waals surface area (Å²) < 4.78 is 4.32. The number of amides is 1. The highest BCUT2D eigenvalue weighted by atomic mass is 16.6. The Morgan fingerprint density at radius 3 is 2.60 bits per heavy atom. The van der Waals surface area contributed by atoms with Crippen LogP contribution in [0.4, 0.5) is 17.2 Å². The first kappa shape index (κ1) is 13.5. The van der Waals surface area contributed by atoms with E-state index in [1.54, 1.807) is 19.9 Å². The fourth-order valence-electron chi connectivity index (χ4n) is 1.71. The molecule has 9 nitrogen and oxygen atoms in total. The number of rotatable bonds is 3. The first-order chi connectivity index (χ1) is 9.40. The number of hydrogen-bond acceptors (Lipinski definition) is 7. The van der Waals surface area contributed by atoms with Gasteiger partial charge in [0.1, 0.15) is 0 Å². The van der Waals surface area contributed by atoms with Crippen molar-refractivity contribution >= 4 is 23.1 Å². The van der Waals surface area contributed by atoms with E-state index in [4.69, 9.17) is 5.73 Å². The fraction of sp³-hybridized carbons (Fsp3) is 0.182. The topological polar surface area (TPSA) is 137 Å². The van der Waals surface area contributed by atoms with Crippen molar-refractivity contribution in [1.29, 1.82) is 0 Å². The second-order valence-corrected chi connectivity index (χ2v) is 4.16. The predicted octanol–water partition coefficient (Wildman–Crippen LogP) is 1.43. The molecule has 0 bridgehead atoms. The van der Waals surface area contributed by atoms with E-state index in [1.807, 2.05) is 0 Å². The molecule has 0 aliphatic carbocycles. The van der Waals surface area contributed by atoms with E-state index in [9.17, 15) is 14.9 Å². The molecule has 2 aromatic rings. The Labute approximate surface area is 112 Å². The Morgan fingerprint density at radius 2 is 2.05 bits per heavy atom. The van der Waals surface area contributed by atoms with Crippen LogP contribution >= 0.6 is 0 Å². The molecule has 0 fully saturated rings. The maximum Gasteiger partial charge on any atom is 0.281 e. The molecular formula is C11H11N5O4. The number of anilines is 2. The normalized spacial score (nSPS) is 10.3. The lowest BCUT2D eigenvalue weighted by Crippen LogP contribution is -2.15. The van der Waals surface area contributed by atoms with Crippen LogP contribution in [0.5, 0.6) is 0 Å². The van der Waals surface area contributed by atoms with Gasteiger partial charge in [0.2, 0.25) is 11.5 Å². The maximum absolute atomic E-state index is 11.9. The SMILES string of the molecule is Cc1cc(C)c([N+](=O)[O-])cc1NC(=O)c1nonc1N. The standard InChI is InChI=1S/C11H11N5O4/c1-5-3-6(2)8(16(18)19)4-7(5)13-11(17)9-10(12)15-20-14-9/h3-4H,1-2H3,(H2,12,15)(H,13,17). The van der Waals surface area contributed by atoms with Crippen molar-refractivity contribution in [1.82, 2.24) is 10.3 Å². The van der Waals surface area contributed by atoms with Gasteiger partial charge in [-0.2, -0.15) is 0 Å². The molecule has 0 spiro atoms. The number of aryl methyl sites for hydroxylation is 2. The number of nitro groups is 1. The summed E-state index contributed by atoms with van der Waals surface area (Å²) in [4.78, 5) is 22.3. The third kappa shape index (κ3) is 2.41. The Bertz CT molecular complexity index is 694. The van der Waals surface area contributed by atoms with Crippen LogP contribution in [0.15, 0.2) is 16.8 Å². The van der Waals surface area contributed by atoms with Gasteiger partial charge in [0, 0.05) is 11.6 Å². The molecule has 104 valence electrons. The molecule has 1 heterocycles. The van der Waals surface area contributed by atoms with Crippen LogP contribution in [0, 0.1) is 24.0 Å². The second-order valence-electron chi connectivity index (χ2n) is 4.16. The first-order valence-corrected chi connectivity index (χ1v) is 5.55. The van der Waals surface area contributed by atoms with Crippen molar-refractivity contribution in [3.8, 4) is 0 Å². The van der Waals surface area contributed by atoms with Crippen LogP contribution < -0.4 is 11.1 Å². The molecule has 0 unspecified atom stereocenters. The quantitative estimate of drug-likeness (QED) is 0.639. The molecule has 9 heteroatoms. The zero-order valence-corrected chi connectivity index (χ0v) is 10.7. The number of carbonyl (C=O) groups excluding carboxylic acids is 1. The van der Waals surface area contributed by atoms with E-state index >= 15 is 0 Å². The first-order valence-electron chi connectivity index (χ1n) is 5.55. The molecule has 1 aromatic heterocycles. The molecule has 0 atom stereocenters. The van der Waals surface area contributed by atoms with Gasteiger partial charge in [0.05, 0.1) is 10.6 Å². The van der Waals surface area contributed by atoms with Crippen LogP contribution in [0.2, 0.25) is 0 Å². The van der Waals surface area contributed by atoms with Crippen molar-refractivity contribution in [3.05, 3.63) is 39.1 Å². The Hall–Kier alpha value is -2.97. The lowest BCUT2D eigenvalue weighted by molar-refractivity contribution is -0.385. The zero-order valence-electron chi connectivity index (χ0n) is 10.7. The van der Waals surface area contributed by atoms with Gasteiger partial charge in [-0.3, -0.25) is 14.9 Å². The Kier molecular flexibility index (Phi) is 3.34. The van der Waals surface area contributed by atoms with Gasteiger partial charge in [0.15, 0.2) is 0 Å². The van der Waals surface area contributed by atoms with Gasteiger partial charge < -0.3 is 11.1 Å². The van der Waals surface area contributed by atoms with E-state index in [1.165, 1.54) is 6.07 Å². The van der Waals surface area contributed by atoms with E-state index in [-0.39, 0.29) is 17.2 Å². The smallest absolute Gasteiger partial charge is 0.281 e. The number of carbonyl (C=O) groups is 1. The number of benzene rings is 1. The largest absolute Gasteiger partial charge is 0.379 e. The highest BCUT2D eigenvalue weighted by Crippen LogP contribution is 2.26. The summed E-state index contributed by atoms with van der Waals surface area (Å²) in [6.45, 7) is 3.34. The summed E-state index contributed by atoms with van der Waals surface area (Å²) in [6, 6.07) is 2.89. The molecule has 0 radical (unpaired) electrons.